The van der Waals surface area contributed by atoms with Gasteiger partial charge >= 0.3 is 11.6 Å². The summed E-state index contributed by atoms with van der Waals surface area (Å²) in [7, 11) is 0. The van der Waals surface area contributed by atoms with Crippen molar-refractivity contribution in [1.82, 2.24) is 9.97 Å². The van der Waals surface area contributed by atoms with Crippen LogP contribution in [0, 0.1) is 11.8 Å². The van der Waals surface area contributed by atoms with Gasteiger partial charge in [-0.2, -0.15) is 4.98 Å². The van der Waals surface area contributed by atoms with Crippen LogP contribution in [0.25, 0.3) is 11.1 Å². The number of hydrogen-bond donors (Lipinski definition) is 1. The largest absolute Gasteiger partial charge is 0.403 e. The van der Waals surface area contributed by atoms with Gasteiger partial charge in [0, 0.05) is 6.07 Å². The van der Waals surface area contributed by atoms with Gasteiger partial charge in [-0.25, -0.2) is 4.79 Å². The summed E-state index contributed by atoms with van der Waals surface area (Å²) in [4.78, 5) is 36.5. The quantitative estimate of drug-likeness (QED) is 0.783. The Labute approximate surface area is 156 Å². The van der Waals surface area contributed by atoms with Gasteiger partial charge < -0.3 is 9.25 Å². The van der Waals surface area contributed by atoms with E-state index in [1.165, 1.54) is 18.9 Å². The molecule has 0 unspecified atom stereocenters. The van der Waals surface area contributed by atoms with Crippen LogP contribution in [0.3, 0.4) is 0 Å². The van der Waals surface area contributed by atoms with Crippen molar-refractivity contribution >= 4 is 16.8 Å². The van der Waals surface area contributed by atoms with Crippen molar-refractivity contribution in [3.8, 4) is 6.01 Å². The molecule has 2 saturated carbocycles. The summed E-state index contributed by atoms with van der Waals surface area (Å²) >= 11 is 0. The molecular weight excluding hydrogens is 346 g/mol. The van der Waals surface area contributed by atoms with Crippen LogP contribution in [0.1, 0.15) is 63.9 Å². The summed E-state index contributed by atoms with van der Waals surface area (Å²) in [5.74, 6) is 1.52. The summed E-state index contributed by atoms with van der Waals surface area (Å²) in [6.45, 7) is 2.23. The Morgan fingerprint density at radius 1 is 1.26 bits per heavy atom. The first kappa shape index (κ1) is 17.9. The molecule has 2 aliphatic rings. The maximum Gasteiger partial charge on any atom is 0.337 e. The predicted molar refractivity (Wildman–Crippen MR) is 102 cm³/mol. The fraction of sp³-hybridized carbons (Fsp3) is 0.600. The number of aryl methyl sites for hydroxylation is 1. The van der Waals surface area contributed by atoms with Crippen LogP contribution in [0.5, 0.6) is 6.01 Å². The van der Waals surface area contributed by atoms with Crippen molar-refractivity contribution in [2.75, 3.05) is 0 Å². The molecule has 2 aliphatic carbocycles. The zero-order chi connectivity index (χ0) is 18.8. The van der Waals surface area contributed by atoms with Gasteiger partial charge in [-0.05, 0) is 55.9 Å². The van der Waals surface area contributed by atoms with Crippen LogP contribution in [-0.4, -0.2) is 15.7 Å². The van der Waals surface area contributed by atoms with E-state index in [0.29, 0.717) is 23.3 Å². The van der Waals surface area contributed by atoms with Crippen molar-refractivity contribution in [3.05, 3.63) is 32.4 Å². The molecular formula is C20H25N3O4. The molecule has 2 fully saturated rings. The molecule has 27 heavy (non-hydrogen) atoms. The molecule has 1 N–H and O–H groups in total. The molecule has 4 rings (SSSR count). The number of hydrogen-bond acceptors (Lipinski definition) is 6. The second kappa shape index (κ2) is 7.66. The molecule has 0 aliphatic heterocycles. The van der Waals surface area contributed by atoms with Crippen LogP contribution in [0.2, 0.25) is 0 Å². The molecule has 2 heterocycles. The molecule has 2 aromatic heterocycles. The van der Waals surface area contributed by atoms with E-state index >= 15 is 0 Å². The Kier molecular flexibility index (Phi) is 5.09. The first-order valence-corrected chi connectivity index (χ1v) is 9.88. The van der Waals surface area contributed by atoms with Gasteiger partial charge in [0.1, 0.15) is 5.39 Å². The summed E-state index contributed by atoms with van der Waals surface area (Å²) in [5.41, 5.74) is 0.805. The lowest BCUT2D eigenvalue weighted by molar-refractivity contribution is 0.305. The Bertz CT molecular complexity index is 961. The summed E-state index contributed by atoms with van der Waals surface area (Å²) in [6.07, 6.45) is 9.29. The number of oxime groups is 1. The molecule has 7 nitrogen and oxygen atoms in total. The van der Waals surface area contributed by atoms with E-state index in [9.17, 15) is 9.59 Å². The van der Waals surface area contributed by atoms with Crippen LogP contribution < -0.4 is 16.0 Å². The van der Waals surface area contributed by atoms with E-state index in [1.807, 2.05) is 0 Å². The van der Waals surface area contributed by atoms with Gasteiger partial charge in [0.05, 0.1) is 5.71 Å². The van der Waals surface area contributed by atoms with Crippen molar-refractivity contribution < 1.29 is 9.25 Å². The maximum absolute atomic E-state index is 12.5. The minimum Gasteiger partial charge on any atom is -0.403 e. The molecule has 0 saturated heterocycles. The molecule has 0 atom stereocenters. The molecule has 0 amide bonds. The number of rotatable bonds is 6. The molecule has 7 heteroatoms. The van der Waals surface area contributed by atoms with E-state index < -0.39 is 5.63 Å². The number of fused-ring (bicyclic) bond motifs is 1. The van der Waals surface area contributed by atoms with Crippen LogP contribution in [-0.2, 0) is 6.42 Å². The monoisotopic (exact) mass is 371 g/mol. The third-order valence-electron chi connectivity index (χ3n) is 5.54. The second-order valence-corrected chi connectivity index (χ2v) is 7.91. The van der Waals surface area contributed by atoms with Gasteiger partial charge in [-0.3, -0.25) is 9.78 Å². The number of aromatic amines is 1. The number of aromatic nitrogens is 2. The fourth-order valence-electron chi connectivity index (χ4n) is 3.65. The average Bonchev–Trinajstić information content (AvgIpc) is 3.45. The Balaban J connectivity index is 1.56. The highest BCUT2D eigenvalue weighted by Crippen LogP contribution is 2.34. The third-order valence-corrected chi connectivity index (χ3v) is 5.54. The smallest absolute Gasteiger partial charge is 0.337 e. The van der Waals surface area contributed by atoms with Crippen molar-refractivity contribution in [2.24, 2.45) is 17.0 Å². The SMILES string of the molecule is CC1CCC(=NOc2nc3oc(=O)cc(CCCC4CC4)c3c(=O)[nH]2)CC1. The predicted octanol–water partition coefficient (Wildman–Crippen LogP) is 3.55. The summed E-state index contributed by atoms with van der Waals surface area (Å²) in [6, 6.07) is 1.35. The third kappa shape index (κ3) is 4.46. The van der Waals surface area contributed by atoms with E-state index in [4.69, 9.17) is 9.25 Å². The van der Waals surface area contributed by atoms with Crippen molar-refractivity contribution in [3.63, 3.8) is 0 Å². The number of nitrogens with zero attached hydrogens (tertiary/aromatic N) is 2. The molecule has 144 valence electrons. The van der Waals surface area contributed by atoms with Crippen molar-refractivity contribution in [1.29, 1.82) is 0 Å². The molecule has 0 aromatic carbocycles. The molecule has 2 aromatic rings. The highest BCUT2D eigenvalue weighted by Gasteiger charge is 2.21. The van der Waals surface area contributed by atoms with Gasteiger partial charge in [-0.1, -0.05) is 31.3 Å². The molecule has 0 spiro atoms. The zero-order valence-corrected chi connectivity index (χ0v) is 15.6. The molecule has 0 radical (unpaired) electrons. The van der Waals surface area contributed by atoms with Crippen molar-refractivity contribution in [2.45, 2.75) is 64.7 Å². The minimum absolute atomic E-state index is 0.0140. The number of H-pyrrole nitrogens is 1. The number of nitrogens with one attached hydrogen (secondary N) is 1. The lowest BCUT2D eigenvalue weighted by Crippen LogP contribution is -2.16. The Hall–Kier alpha value is -2.44. The first-order valence-electron chi connectivity index (χ1n) is 9.88. The topological polar surface area (TPSA) is 97.5 Å². The first-order chi connectivity index (χ1) is 13.1. The second-order valence-electron chi connectivity index (χ2n) is 7.91. The van der Waals surface area contributed by atoms with Gasteiger partial charge in [-0.15, -0.1) is 0 Å². The van der Waals surface area contributed by atoms with E-state index in [2.05, 4.69) is 22.0 Å². The Morgan fingerprint density at radius 3 is 2.78 bits per heavy atom. The normalized spacial score (nSPS) is 20.0. The molecule has 0 bridgehead atoms. The van der Waals surface area contributed by atoms with E-state index in [-0.39, 0.29) is 17.3 Å². The zero-order valence-electron chi connectivity index (χ0n) is 15.6. The van der Waals surface area contributed by atoms with Gasteiger partial charge in [0.2, 0.25) is 5.71 Å². The van der Waals surface area contributed by atoms with Crippen LogP contribution in [0.4, 0.5) is 0 Å². The van der Waals surface area contributed by atoms with Crippen LogP contribution in [0.15, 0.2) is 25.2 Å². The van der Waals surface area contributed by atoms with Gasteiger partial charge in [0.15, 0.2) is 0 Å². The highest BCUT2D eigenvalue weighted by molar-refractivity contribution is 5.84. The van der Waals surface area contributed by atoms with Gasteiger partial charge in [0.25, 0.3) is 5.56 Å². The lowest BCUT2D eigenvalue weighted by Gasteiger charge is -2.18. The minimum atomic E-state index is -0.499. The fourth-order valence-corrected chi connectivity index (χ4v) is 3.65. The standard InChI is InChI=1S/C20H25N3O4/c1-12-5-9-15(10-6-12)23-27-20-21-18(25)17-14(4-2-3-13-7-8-13)11-16(24)26-19(17)22-20/h11-13H,2-10H2,1H3,(H,21,22,25). The van der Waals surface area contributed by atoms with E-state index in [0.717, 1.165) is 50.2 Å². The van der Waals surface area contributed by atoms with Crippen LogP contribution >= 0.6 is 0 Å². The Morgan fingerprint density at radius 2 is 2.04 bits per heavy atom. The highest BCUT2D eigenvalue weighted by atomic mass is 16.6. The summed E-state index contributed by atoms with van der Waals surface area (Å²) < 4.78 is 5.15. The average molecular weight is 371 g/mol. The lowest BCUT2D eigenvalue weighted by atomic mass is 9.90. The summed E-state index contributed by atoms with van der Waals surface area (Å²) in [5, 5.41) is 4.45. The van der Waals surface area contributed by atoms with E-state index in [1.54, 1.807) is 0 Å². The maximum atomic E-state index is 12.5.